The normalized spacial score (nSPS) is 29.2. The van der Waals surface area contributed by atoms with E-state index in [1.165, 1.54) is 25.1 Å². The number of hydrogen-bond acceptors (Lipinski definition) is 4. The highest BCUT2D eigenvalue weighted by atomic mass is 35.5. The van der Waals surface area contributed by atoms with Gasteiger partial charge in [-0.3, -0.25) is 10.1 Å². The molecule has 2 heterocycles. The van der Waals surface area contributed by atoms with Gasteiger partial charge in [0.1, 0.15) is 0 Å². The maximum Gasteiger partial charge on any atom is 0.271 e. The lowest BCUT2D eigenvalue weighted by molar-refractivity contribution is -0.384. The lowest BCUT2D eigenvalue weighted by atomic mass is 9.94. The van der Waals surface area contributed by atoms with Gasteiger partial charge in [0, 0.05) is 31.3 Å². The van der Waals surface area contributed by atoms with E-state index >= 15 is 0 Å². The van der Waals surface area contributed by atoms with Crippen LogP contribution in [0, 0.1) is 16.0 Å². The van der Waals surface area contributed by atoms with Crippen LogP contribution >= 0.6 is 11.6 Å². The lowest BCUT2D eigenvalue weighted by Gasteiger charge is -2.31. The van der Waals surface area contributed by atoms with Gasteiger partial charge in [0.25, 0.3) is 5.69 Å². The van der Waals surface area contributed by atoms with Crippen molar-refractivity contribution >= 4 is 23.0 Å². The quantitative estimate of drug-likeness (QED) is 0.684. The number of anilines is 1. The summed E-state index contributed by atoms with van der Waals surface area (Å²) in [6, 6.07) is 4.93. The molecule has 0 spiro atoms. The van der Waals surface area contributed by atoms with Crippen LogP contribution < -0.4 is 5.32 Å². The van der Waals surface area contributed by atoms with Gasteiger partial charge in [0.15, 0.2) is 0 Å². The minimum Gasteiger partial charge on any atom is -0.381 e. The van der Waals surface area contributed by atoms with E-state index in [0.29, 0.717) is 22.7 Å². The Bertz CT molecular complexity index is 509. The predicted octanol–water partition coefficient (Wildman–Crippen LogP) is 2.75. The second kappa shape index (κ2) is 4.98. The van der Waals surface area contributed by atoms with Crippen molar-refractivity contribution in [3.05, 3.63) is 33.3 Å². The van der Waals surface area contributed by atoms with E-state index in [1.807, 2.05) is 0 Å². The molecular weight excluding hydrogens is 266 g/mol. The molecule has 5 nitrogen and oxygen atoms in total. The van der Waals surface area contributed by atoms with Gasteiger partial charge in [-0.1, -0.05) is 11.6 Å². The van der Waals surface area contributed by atoms with Crippen molar-refractivity contribution in [2.24, 2.45) is 5.92 Å². The molecule has 3 rings (SSSR count). The number of nitro groups is 1. The van der Waals surface area contributed by atoms with Gasteiger partial charge in [-0.15, -0.1) is 0 Å². The summed E-state index contributed by atoms with van der Waals surface area (Å²) in [5, 5.41) is 14.8. The van der Waals surface area contributed by atoms with Crippen LogP contribution in [0.3, 0.4) is 0 Å². The number of nitro benzene ring substituents is 1. The molecule has 0 amide bonds. The second-order valence-corrected chi connectivity index (χ2v) is 5.72. The first kappa shape index (κ1) is 12.7. The minimum absolute atomic E-state index is 0.0794. The van der Waals surface area contributed by atoms with Gasteiger partial charge in [-0.05, 0) is 31.4 Å². The number of piperidine rings is 1. The van der Waals surface area contributed by atoms with Gasteiger partial charge in [-0.25, -0.2) is 0 Å². The zero-order chi connectivity index (χ0) is 13.4. The molecule has 6 heteroatoms. The zero-order valence-electron chi connectivity index (χ0n) is 10.5. The summed E-state index contributed by atoms with van der Waals surface area (Å²) in [7, 11) is 0. The molecule has 3 atom stereocenters. The number of benzene rings is 1. The van der Waals surface area contributed by atoms with E-state index < -0.39 is 0 Å². The number of halogens is 1. The fourth-order valence-corrected chi connectivity index (χ4v) is 3.25. The Labute approximate surface area is 116 Å². The van der Waals surface area contributed by atoms with Gasteiger partial charge < -0.3 is 10.2 Å². The maximum atomic E-state index is 10.8. The summed E-state index contributed by atoms with van der Waals surface area (Å²) in [6.45, 7) is 3.40. The molecule has 2 fully saturated rings. The molecule has 2 aliphatic rings. The van der Waals surface area contributed by atoms with E-state index in [-0.39, 0.29) is 10.6 Å². The van der Waals surface area contributed by atoms with Crippen molar-refractivity contribution < 1.29 is 4.92 Å². The Balaban J connectivity index is 1.78. The largest absolute Gasteiger partial charge is 0.381 e. The van der Waals surface area contributed by atoms with E-state index in [9.17, 15) is 10.1 Å². The molecule has 2 aliphatic heterocycles. The highest BCUT2D eigenvalue weighted by Gasteiger charge is 2.34. The number of rotatable bonds is 3. The Morgan fingerprint density at radius 3 is 2.95 bits per heavy atom. The Morgan fingerprint density at radius 1 is 1.37 bits per heavy atom. The second-order valence-electron chi connectivity index (χ2n) is 5.31. The monoisotopic (exact) mass is 281 g/mol. The van der Waals surface area contributed by atoms with Crippen LogP contribution in [0.1, 0.15) is 12.8 Å². The topological polar surface area (TPSA) is 58.4 Å². The molecule has 1 aromatic carbocycles. The third-order valence-electron chi connectivity index (χ3n) is 4.14. The first-order chi connectivity index (χ1) is 9.13. The van der Waals surface area contributed by atoms with Crippen LogP contribution in [-0.2, 0) is 0 Å². The number of fused-ring (bicyclic) bond motifs is 2. The van der Waals surface area contributed by atoms with Crippen molar-refractivity contribution in [2.75, 3.05) is 25.0 Å². The molecule has 1 aromatic rings. The summed E-state index contributed by atoms with van der Waals surface area (Å²) in [6.07, 6.45) is 2.27. The fraction of sp³-hybridized carbons (Fsp3) is 0.538. The average molecular weight is 282 g/mol. The van der Waals surface area contributed by atoms with Crippen molar-refractivity contribution in [3.63, 3.8) is 0 Å². The standard InChI is InChI=1S/C13H16ClN3O2/c14-11-2-1-10(17(18)19)7-13(11)15-12-4-6-16-5-3-9(12)8-16/h1-2,7,9,12,15H,3-6,8H2. The molecule has 0 radical (unpaired) electrons. The Morgan fingerprint density at radius 2 is 2.16 bits per heavy atom. The van der Waals surface area contributed by atoms with Crippen LogP contribution in [0.25, 0.3) is 0 Å². The van der Waals surface area contributed by atoms with Crippen LogP contribution in [0.15, 0.2) is 18.2 Å². The van der Waals surface area contributed by atoms with Crippen molar-refractivity contribution in [1.29, 1.82) is 0 Å². The molecule has 1 N–H and O–H groups in total. The molecule has 0 saturated carbocycles. The van der Waals surface area contributed by atoms with Crippen LogP contribution in [0.2, 0.25) is 5.02 Å². The SMILES string of the molecule is O=[N+]([O-])c1ccc(Cl)c(NC2CCN3CCC2C3)c1. The zero-order valence-corrected chi connectivity index (χ0v) is 11.3. The van der Waals surface area contributed by atoms with E-state index in [0.717, 1.165) is 19.5 Å². The summed E-state index contributed by atoms with van der Waals surface area (Å²) >= 11 is 6.13. The summed E-state index contributed by atoms with van der Waals surface area (Å²) in [4.78, 5) is 12.9. The average Bonchev–Trinajstić information content (AvgIpc) is 2.78. The van der Waals surface area contributed by atoms with Crippen molar-refractivity contribution in [3.8, 4) is 0 Å². The molecule has 102 valence electrons. The summed E-state index contributed by atoms with van der Waals surface area (Å²) < 4.78 is 0. The molecule has 2 bridgehead atoms. The minimum atomic E-state index is -0.389. The van der Waals surface area contributed by atoms with Crippen LogP contribution in [0.4, 0.5) is 11.4 Å². The summed E-state index contributed by atoms with van der Waals surface area (Å²) in [5.41, 5.74) is 0.761. The number of nitrogens with zero attached hydrogens (tertiary/aromatic N) is 2. The van der Waals surface area contributed by atoms with Gasteiger partial charge in [0.05, 0.1) is 15.6 Å². The number of non-ortho nitro benzene ring substituents is 1. The number of hydrogen-bond donors (Lipinski definition) is 1. The molecule has 3 unspecified atom stereocenters. The maximum absolute atomic E-state index is 10.8. The predicted molar refractivity (Wildman–Crippen MR) is 74.7 cm³/mol. The van der Waals surface area contributed by atoms with E-state index in [4.69, 9.17) is 11.6 Å². The molecule has 2 saturated heterocycles. The van der Waals surface area contributed by atoms with Crippen molar-refractivity contribution in [1.82, 2.24) is 4.90 Å². The first-order valence-electron chi connectivity index (χ1n) is 6.56. The highest BCUT2D eigenvalue weighted by molar-refractivity contribution is 6.33. The molecule has 0 aromatic heterocycles. The Hall–Kier alpha value is -1.33. The van der Waals surface area contributed by atoms with E-state index in [2.05, 4.69) is 10.2 Å². The van der Waals surface area contributed by atoms with Gasteiger partial charge in [0.2, 0.25) is 0 Å². The van der Waals surface area contributed by atoms with E-state index in [1.54, 1.807) is 6.07 Å². The molecular formula is C13H16ClN3O2. The third kappa shape index (κ3) is 2.53. The molecule has 19 heavy (non-hydrogen) atoms. The first-order valence-corrected chi connectivity index (χ1v) is 6.94. The highest BCUT2D eigenvalue weighted by Crippen LogP contribution is 2.33. The number of nitrogens with one attached hydrogen (secondary N) is 1. The Kier molecular flexibility index (Phi) is 3.33. The molecule has 0 aliphatic carbocycles. The summed E-state index contributed by atoms with van der Waals surface area (Å²) in [5.74, 6) is 0.629. The lowest BCUT2D eigenvalue weighted by Crippen LogP contribution is -2.39. The fourth-order valence-electron chi connectivity index (χ4n) is 3.08. The van der Waals surface area contributed by atoms with Crippen LogP contribution in [-0.4, -0.2) is 35.5 Å². The smallest absolute Gasteiger partial charge is 0.271 e. The third-order valence-corrected chi connectivity index (χ3v) is 4.47. The van der Waals surface area contributed by atoms with Gasteiger partial charge in [-0.2, -0.15) is 0 Å². The van der Waals surface area contributed by atoms with Crippen molar-refractivity contribution in [2.45, 2.75) is 18.9 Å². The van der Waals surface area contributed by atoms with Crippen LogP contribution in [0.5, 0.6) is 0 Å². The van der Waals surface area contributed by atoms with Gasteiger partial charge >= 0.3 is 0 Å².